The molecule has 1 heterocycles. The van der Waals surface area contributed by atoms with Crippen molar-refractivity contribution >= 4 is 0 Å². The van der Waals surface area contributed by atoms with E-state index in [-0.39, 0.29) is 0 Å². The lowest BCUT2D eigenvalue weighted by Crippen LogP contribution is -2.20. The Bertz CT molecular complexity index is 189. The first-order valence-corrected chi connectivity index (χ1v) is 7.02. The highest BCUT2D eigenvalue weighted by molar-refractivity contribution is 4.94. The normalized spacial score (nSPS) is 18.8. The molecule has 1 fully saturated rings. The average Bonchev–Trinajstić information content (AvgIpc) is 2.95. The third-order valence-electron chi connectivity index (χ3n) is 3.49. The Hall–Kier alpha value is -0.0800. The molecule has 0 radical (unpaired) electrons. The van der Waals surface area contributed by atoms with Crippen LogP contribution in [0.15, 0.2) is 0 Å². The van der Waals surface area contributed by atoms with Crippen LogP contribution in [0.25, 0.3) is 0 Å². The van der Waals surface area contributed by atoms with Crippen molar-refractivity contribution in [3.63, 3.8) is 0 Å². The van der Waals surface area contributed by atoms with Gasteiger partial charge in [-0.15, -0.1) is 0 Å². The Morgan fingerprint density at radius 1 is 0.875 bits per heavy atom. The lowest BCUT2D eigenvalue weighted by atomic mass is 9.86. The number of hydrogen-bond donors (Lipinski definition) is 2. The topological polar surface area (TPSA) is 43.9 Å². The molecule has 0 amide bonds. The van der Waals surface area contributed by atoms with Crippen LogP contribution in [-0.4, -0.2) is 5.66 Å². The van der Waals surface area contributed by atoms with E-state index in [1.54, 1.807) is 0 Å². The Balaban J connectivity index is 2.06. The second kappa shape index (κ2) is 6.02. The Morgan fingerprint density at radius 2 is 1.50 bits per heavy atom. The summed E-state index contributed by atoms with van der Waals surface area (Å²) < 4.78 is 0. The second-order valence-electron chi connectivity index (χ2n) is 6.56. The first kappa shape index (κ1) is 14.0. The maximum atomic E-state index is 3.36. The predicted molar refractivity (Wildman–Crippen MR) is 71.1 cm³/mol. The largest absolute Gasteiger partial charge is 0.235 e. The van der Waals surface area contributed by atoms with E-state index in [0.717, 1.165) is 0 Å². The van der Waals surface area contributed by atoms with Crippen molar-refractivity contribution in [3.05, 3.63) is 0 Å². The monoisotopic (exact) mass is 226 g/mol. The summed E-state index contributed by atoms with van der Waals surface area (Å²) in [4.78, 5) is 0. The van der Waals surface area contributed by atoms with Crippen molar-refractivity contribution in [1.29, 1.82) is 0 Å². The van der Waals surface area contributed by atoms with Gasteiger partial charge in [0.05, 0.1) is 5.66 Å². The third-order valence-corrected chi connectivity index (χ3v) is 3.49. The summed E-state index contributed by atoms with van der Waals surface area (Å²) in [5.74, 6) is 0. The molecule has 1 aliphatic rings. The van der Waals surface area contributed by atoms with E-state index in [2.05, 4.69) is 38.5 Å². The van der Waals surface area contributed by atoms with Crippen LogP contribution < -0.4 is 10.9 Å². The van der Waals surface area contributed by atoms with E-state index in [4.69, 9.17) is 0 Å². The molecule has 0 atom stereocenters. The lowest BCUT2D eigenvalue weighted by Gasteiger charge is -2.21. The number of nitrogens with one attached hydrogen (secondary N) is 2. The highest BCUT2D eigenvalue weighted by Crippen LogP contribution is 2.31. The van der Waals surface area contributed by atoms with Crippen molar-refractivity contribution in [2.24, 2.45) is 5.41 Å². The fraction of sp³-hybridized carbons (Fsp3) is 1.00. The molecule has 1 saturated heterocycles. The van der Waals surface area contributed by atoms with Crippen molar-refractivity contribution in [1.82, 2.24) is 10.9 Å². The van der Waals surface area contributed by atoms with Gasteiger partial charge in [-0.2, -0.15) is 0 Å². The maximum absolute atomic E-state index is 3.36. The SMILES string of the molecule is CCCCCCCC1(CCC(C)(C)C)NN1. The fourth-order valence-electron chi connectivity index (χ4n) is 2.08. The van der Waals surface area contributed by atoms with Gasteiger partial charge in [0.1, 0.15) is 0 Å². The van der Waals surface area contributed by atoms with Crippen LogP contribution in [0, 0.1) is 5.41 Å². The molecule has 0 aromatic heterocycles. The zero-order valence-corrected chi connectivity index (χ0v) is 11.7. The molecule has 0 aromatic carbocycles. The molecule has 0 spiro atoms. The van der Waals surface area contributed by atoms with Gasteiger partial charge in [0, 0.05) is 0 Å². The third kappa shape index (κ3) is 5.86. The first-order valence-electron chi connectivity index (χ1n) is 7.02. The summed E-state index contributed by atoms with van der Waals surface area (Å²) in [6.45, 7) is 9.24. The van der Waals surface area contributed by atoms with Crippen LogP contribution in [0.3, 0.4) is 0 Å². The Morgan fingerprint density at radius 3 is 2.00 bits per heavy atom. The molecule has 1 aliphatic heterocycles. The molecule has 16 heavy (non-hydrogen) atoms. The van der Waals surface area contributed by atoms with E-state index in [1.165, 1.54) is 51.4 Å². The summed E-state index contributed by atoms with van der Waals surface area (Å²) in [5, 5.41) is 0. The van der Waals surface area contributed by atoms with E-state index in [1.807, 2.05) is 0 Å². The minimum absolute atomic E-state index is 0.305. The van der Waals surface area contributed by atoms with Crippen molar-refractivity contribution < 1.29 is 0 Å². The predicted octanol–water partition coefficient (Wildman–Crippen LogP) is 3.98. The van der Waals surface area contributed by atoms with Crippen LogP contribution in [0.5, 0.6) is 0 Å². The molecule has 0 aromatic rings. The standard InChI is InChI=1S/C14H30N2/c1-5-6-7-8-9-10-14(15-16-14)12-11-13(2,3)4/h15-16H,5-12H2,1-4H3. The molecule has 0 aliphatic carbocycles. The molecule has 1 rings (SSSR count). The molecule has 0 unspecified atom stereocenters. The summed E-state index contributed by atoms with van der Waals surface area (Å²) in [5.41, 5.74) is 7.49. The van der Waals surface area contributed by atoms with Gasteiger partial charge in [-0.05, 0) is 24.7 Å². The molecule has 0 bridgehead atoms. The maximum Gasteiger partial charge on any atom is 0.0943 e. The number of hydrazine groups is 1. The molecule has 2 N–H and O–H groups in total. The van der Waals surface area contributed by atoms with Gasteiger partial charge in [-0.1, -0.05) is 59.8 Å². The zero-order chi connectivity index (χ0) is 12.1. The van der Waals surface area contributed by atoms with Gasteiger partial charge in [0.25, 0.3) is 0 Å². The number of hydrogen-bond acceptors (Lipinski definition) is 2. The van der Waals surface area contributed by atoms with E-state index < -0.39 is 0 Å². The van der Waals surface area contributed by atoms with Crippen molar-refractivity contribution in [2.75, 3.05) is 0 Å². The van der Waals surface area contributed by atoms with Gasteiger partial charge < -0.3 is 0 Å². The molecule has 2 heteroatoms. The highest BCUT2D eigenvalue weighted by atomic mass is 15.7. The quantitative estimate of drug-likeness (QED) is 0.486. The molecule has 2 nitrogen and oxygen atoms in total. The summed E-state index contributed by atoms with van der Waals surface area (Å²) in [6.07, 6.45) is 10.8. The van der Waals surface area contributed by atoms with Crippen LogP contribution in [0.2, 0.25) is 0 Å². The minimum atomic E-state index is 0.305. The van der Waals surface area contributed by atoms with E-state index in [0.29, 0.717) is 11.1 Å². The van der Waals surface area contributed by atoms with Crippen molar-refractivity contribution in [3.8, 4) is 0 Å². The molecular formula is C14H30N2. The van der Waals surface area contributed by atoms with Crippen LogP contribution in [-0.2, 0) is 0 Å². The molecule has 96 valence electrons. The van der Waals surface area contributed by atoms with Gasteiger partial charge in [0.15, 0.2) is 0 Å². The van der Waals surface area contributed by atoms with Gasteiger partial charge in [-0.25, -0.2) is 10.9 Å². The fourth-order valence-corrected chi connectivity index (χ4v) is 2.08. The van der Waals surface area contributed by atoms with Crippen LogP contribution >= 0.6 is 0 Å². The van der Waals surface area contributed by atoms with Gasteiger partial charge in [0.2, 0.25) is 0 Å². The molecular weight excluding hydrogens is 196 g/mol. The highest BCUT2D eigenvalue weighted by Gasteiger charge is 2.40. The van der Waals surface area contributed by atoms with Gasteiger partial charge in [-0.3, -0.25) is 0 Å². The number of unbranched alkanes of at least 4 members (excludes halogenated alkanes) is 4. The minimum Gasteiger partial charge on any atom is -0.235 e. The summed E-state index contributed by atoms with van der Waals surface area (Å²) in [6, 6.07) is 0. The zero-order valence-electron chi connectivity index (χ0n) is 11.7. The van der Waals surface area contributed by atoms with E-state index >= 15 is 0 Å². The molecule has 0 saturated carbocycles. The van der Waals surface area contributed by atoms with Gasteiger partial charge >= 0.3 is 0 Å². The number of rotatable bonds is 8. The first-order chi connectivity index (χ1) is 7.47. The Labute approximate surface area is 102 Å². The summed E-state index contributed by atoms with van der Waals surface area (Å²) in [7, 11) is 0. The van der Waals surface area contributed by atoms with E-state index in [9.17, 15) is 0 Å². The average molecular weight is 226 g/mol. The second-order valence-corrected chi connectivity index (χ2v) is 6.56. The summed E-state index contributed by atoms with van der Waals surface area (Å²) >= 11 is 0. The lowest BCUT2D eigenvalue weighted by molar-refractivity contribution is 0.325. The Kier molecular flexibility index (Phi) is 5.26. The van der Waals surface area contributed by atoms with Crippen LogP contribution in [0.1, 0.15) is 79.1 Å². The van der Waals surface area contributed by atoms with Crippen molar-refractivity contribution in [2.45, 2.75) is 84.7 Å². The smallest absolute Gasteiger partial charge is 0.0943 e. The van der Waals surface area contributed by atoms with Crippen LogP contribution in [0.4, 0.5) is 0 Å².